The number of furan rings is 1. The van der Waals surface area contributed by atoms with Crippen molar-refractivity contribution in [1.82, 2.24) is 9.47 Å². The number of aryl methyl sites for hydroxylation is 3. The van der Waals surface area contributed by atoms with Gasteiger partial charge in [-0.05, 0) is 56.4 Å². The van der Waals surface area contributed by atoms with Gasteiger partial charge in [-0.25, -0.2) is 0 Å². The van der Waals surface area contributed by atoms with Gasteiger partial charge >= 0.3 is 0 Å². The molecule has 2 unspecified atom stereocenters. The van der Waals surface area contributed by atoms with Crippen LogP contribution in [-0.4, -0.2) is 28.5 Å². The van der Waals surface area contributed by atoms with E-state index in [4.69, 9.17) is 4.42 Å². The van der Waals surface area contributed by atoms with Crippen molar-refractivity contribution in [2.45, 2.75) is 39.7 Å². The second kappa shape index (κ2) is 6.09. The molecule has 1 aromatic carbocycles. The van der Waals surface area contributed by atoms with Crippen LogP contribution in [0.1, 0.15) is 45.3 Å². The fraction of sp³-hybridized carbons (Fsp3) is 0.391. The molecule has 5 heteroatoms. The maximum Gasteiger partial charge on any atom is 0.289 e. The van der Waals surface area contributed by atoms with Gasteiger partial charge in [0.05, 0.1) is 0 Å². The highest BCUT2D eigenvalue weighted by Gasteiger charge is 2.37. The Bertz CT molecular complexity index is 1170. The number of carbonyl (C=O) groups is 1. The monoisotopic (exact) mass is 376 g/mol. The fourth-order valence-corrected chi connectivity index (χ4v) is 5.08. The Kier molecular flexibility index (Phi) is 3.76. The fourth-order valence-electron chi connectivity index (χ4n) is 5.08. The number of aromatic nitrogens is 1. The Morgan fingerprint density at radius 3 is 2.75 bits per heavy atom. The average Bonchev–Trinajstić information content (AvgIpc) is 2.99. The van der Waals surface area contributed by atoms with E-state index >= 15 is 0 Å². The van der Waals surface area contributed by atoms with Crippen molar-refractivity contribution in [3.63, 3.8) is 0 Å². The predicted octanol–water partition coefficient (Wildman–Crippen LogP) is 3.78. The summed E-state index contributed by atoms with van der Waals surface area (Å²) in [7, 11) is 0. The largest absolute Gasteiger partial charge is 0.450 e. The van der Waals surface area contributed by atoms with Crippen molar-refractivity contribution in [3.8, 4) is 0 Å². The molecule has 1 saturated heterocycles. The molecule has 2 aromatic heterocycles. The van der Waals surface area contributed by atoms with Gasteiger partial charge < -0.3 is 13.9 Å². The molecule has 1 amide bonds. The summed E-state index contributed by atoms with van der Waals surface area (Å²) in [5.74, 6) is 0.935. The Morgan fingerprint density at radius 1 is 1.11 bits per heavy atom. The van der Waals surface area contributed by atoms with Crippen molar-refractivity contribution in [2.24, 2.45) is 5.92 Å². The minimum atomic E-state index is -0.0350. The zero-order valence-electron chi connectivity index (χ0n) is 16.5. The third-order valence-electron chi connectivity index (χ3n) is 6.33. The van der Waals surface area contributed by atoms with E-state index in [1.807, 2.05) is 35.4 Å². The number of amides is 1. The van der Waals surface area contributed by atoms with Gasteiger partial charge in [-0.15, -0.1) is 0 Å². The molecule has 0 aliphatic carbocycles. The van der Waals surface area contributed by atoms with Crippen LogP contribution in [-0.2, 0) is 6.54 Å². The number of pyridine rings is 1. The number of piperidine rings is 1. The summed E-state index contributed by atoms with van der Waals surface area (Å²) in [5, 5.41) is 1.02. The lowest BCUT2D eigenvalue weighted by atomic mass is 9.83. The van der Waals surface area contributed by atoms with E-state index in [1.54, 1.807) is 6.07 Å². The highest BCUT2D eigenvalue weighted by Crippen LogP contribution is 2.37. The molecule has 0 N–H and O–H groups in total. The molecule has 5 nitrogen and oxygen atoms in total. The first-order valence-corrected chi connectivity index (χ1v) is 9.91. The SMILES string of the molecule is Cc1cc(C)c2oc(C(=O)N3CC4CC(C3)c3cccc(=O)n3C4)c(C)c2c1. The standard InChI is InChI=1S/C23H24N2O3/c1-13-7-14(2)21-18(8-13)15(3)22(28-21)23(27)24-10-16-9-17(12-24)19-5-4-6-20(26)25(19)11-16/h4-8,16-17H,9-12H2,1-3H3. The normalized spacial score (nSPS) is 21.0. The number of benzene rings is 1. The molecule has 5 rings (SSSR count). The van der Waals surface area contributed by atoms with E-state index in [9.17, 15) is 9.59 Å². The molecule has 0 radical (unpaired) electrons. The van der Waals surface area contributed by atoms with Gasteiger partial charge in [0.1, 0.15) is 5.58 Å². The van der Waals surface area contributed by atoms with Crippen molar-refractivity contribution in [1.29, 1.82) is 0 Å². The third kappa shape index (κ3) is 2.53. The van der Waals surface area contributed by atoms with Crippen LogP contribution in [0.2, 0.25) is 0 Å². The zero-order chi connectivity index (χ0) is 19.6. The minimum Gasteiger partial charge on any atom is -0.450 e. The molecular weight excluding hydrogens is 352 g/mol. The summed E-state index contributed by atoms with van der Waals surface area (Å²) < 4.78 is 7.95. The Morgan fingerprint density at radius 2 is 1.93 bits per heavy atom. The van der Waals surface area contributed by atoms with Gasteiger partial charge in [0.2, 0.25) is 0 Å². The maximum absolute atomic E-state index is 13.4. The number of hydrogen-bond acceptors (Lipinski definition) is 3. The van der Waals surface area contributed by atoms with E-state index in [-0.39, 0.29) is 17.4 Å². The molecule has 3 aromatic rings. The highest BCUT2D eigenvalue weighted by atomic mass is 16.3. The van der Waals surface area contributed by atoms with E-state index in [2.05, 4.69) is 19.1 Å². The molecule has 2 aliphatic heterocycles. The number of likely N-dealkylation sites (tertiary alicyclic amines) is 1. The second-order valence-corrected chi connectivity index (χ2v) is 8.42. The Labute approximate surface area is 163 Å². The van der Waals surface area contributed by atoms with Gasteiger partial charge in [-0.3, -0.25) is 9.59 Å². The van der Waals surface area contributed by atoms with Gasteiger partial charge in [-0.1, -0.05) is 12.1 Å². The van der Waals surface area contributed by atoms with Crippen LogP contribution in [0.3, 0.4) is 0 Å². The van der Waals surface area contributed by atoms with E-state index in [0.29, 0.717) is 31.3 Å². The molecule has 0 spiro atoms. The van der Waals surface area contributed by atoms with Crippen LogP contribution in [0.25, 0.3) is 11.0 Å². The van der Waals surface area contributed by atoms with E-state index in [0.717, 1.165) is 34.2 Å². The molecule has 0 saturated carbocycles. The first kappa shape index (κ1) is 17.3. The summed E-state index contributed by atoms with van der Waals surface area (Å²) in [5.41, 5.74) is 5.06. The number of nitrogens with zero attached hydrogens (tertiary/aromatic N) is 2. The van der Waals surface area contributed by atoms with E-state index in [1.165, 1.54) is 5.56 Å². The predicted molar refractivity (Wildman–Crippen MR) is 108 cm³/mol. The van der Waals surface area contributed by atoms with Crippen LogP contribution in [0.4, 0.5) is 0 Å². The minimum absolute atomic E-state index is 0.0350. The molecule has 2 aliphatic rings. The molecule has 4 heterocycles. The topological polar surface area (TPSA) is 55.5 Å². The highest BCUT2D eigenvalue weighted by molar-refractivity contribution is 5.99. The molecule has 2 bridgehead atoms. The summed E-state index contributed by atoms with van der Waals surface area (Å²) in [6.45, 7) is 8.04. The quantitative estimate of drug-likeness (QED) is 0.649. The second-order valence-electron chi connectivity index (χ2n) is 8.42. The molecular formula is C23H24N2O3. The van der Waals surface area contributed by atoms with Crippen molar-refractivity contribution < 1.29 is 9.21 Å². The average molecular weight is 376 g/mol. The Hall–Kier alpha value is -2.82. The lowest BCUT2D eigenvalue weighted by Gasteiger charge is -2.42. The van der Waals surface area contributed by atoms with Crippen LogP contribution in [0.5, 0.6) is 0 Å². The first-order chi connectivity index (χ1) is 13.4. The summed E-state index contributed by atoms with van der Waals surface area (Å²) in [6.07, 6.45) is 1.03. The van der Waals surface area contributed by atoms with Gasteiger partial charge in [0.15, 0.2) is 5.76 Å². The third-order valence-corrected chi connectivity index (χ3v) is 6.33. The number of fused-ring (bicyclic) bond motifs is 5. The molecule has 28 heavy (non-hydrogen) atoms. The van der Waals surface area contributed by atoms with Gasteiger partial charge in [0.25, 0.3) is 11.5 Å². The Balaban J connectivity index is 1.51. The van der Waals surface area contributed by atoms with Crippen LogP contribution >= 0.6 is 0 Å². The number of carbonyl (C=O) groups excluding carboxylic acids is 1. The van der Waals surface area contributed by atoms with Crippen LogP contribution < -0.4 is 5.56 Å². The number of hydrogen-bond donors (Lipinski definition) is 0. The van der Waals surface area contributed by atoms with Gasteiger partial charge in [-0.2, -0.15) is 0 Å². The summed E-state index contributed by atoms with van der Waals surface area (Å²) in [6, 6.07) is 9.64. The smallest absolute Gasteiger partial charge is 0.289 e. The molecule has 144 valence electrons. The summed E-state index contributed by atoms with van der Waals surface area (Å²) in [4.78, 5) is 27.5. The maximum atomic E-state index is 13.4. The van der Waals surface area contributed by atoms with Crippen molar-refractivity contribution in [2.75, 3.05) is 13.1 Å². The first-order valence-electron chi connectivity index (χ1n) is 9.91. The van der Waals surface area contributed by atoms with E-state index < -0.39 is 0 Å². The van der Waals surface area contributed by atoms with Crippen molar-refractivity contribution >= 4 is 16.9 Å². The van der Waals surface area contributed by atoms with Crippen LogP contribution in [0.15, 0.2) is 39.5 Å². The molecule has 2 atom stereocenters. The van der Waals surface area contributed by atoms with Gasteiger partial charge in [0, 0.05) is 48.3 Å². The zero-order valence-corrected chi connectivity index (χ0v) is 16.5. The lowest BCUT2D eigenvalue weighted by molar-refractivity contribution is 0.0565. The lowest BCUT2D eigenvalue weighted by Crippen LogP contribution is -2.49. The van der Waals surface area contributed by atoms with Crippen molar-refractivity contribution in [3.05, 3.63) is 68.8 Å². The molecule has 1 fully saturated rings. The van der Waals surface area contributed by atoms with Crippen LogP contribution in [0, 0.1) is 26.7 Å². The number of rotatable bonds is 1. The summed E-state index contributed by atoms with van der Waals surface area (Å²) >= 11 is 0.